The summed E-state index contributed by atoms with van der Waals surface area (Å²) in [5.41, 5.74) is 9.01. The van der Waals surface area contributed by atoms with Gasteiger partial charge in [-0.05, 0) is 149 Å². The molecule has 6 rings (SSSR count). The van der Waals surface area contributed by atoms with E-state index in [0.29, 0.717) is 52.9 Å². The zero-order valence-corrected chi connectivity index (χ0v) is 40.2. The van der Waals surface area contributed by atoms with Gasteiger partial charge in [0, 0.05) is 43.3 Å². The van der Waals surface area contributed by atoms with Gasteiger partial charge in [-0.2, -0.15) is 10.2 Å². The summed E-state index contributed by atoms with van der Waals surface area (Å²) in [5, 5.41) is 18.6. The third kappa shape index (κ3) is 11.9. The second kappa shape index (κ2) is 21.7. The molecule has 0 aliphatic carbocycles. The molecule has 0 radical (unpaired) electrons. The smallest absolute Gasteiger partial charge is 0.272 e. The maximum absolute atomic E-state index is 12.9. The fraction of sp³-hybridized carbons (Fsp3) is 0.250. The van der Waals surface area contributed by atoms with Crippen LogP contribution in [0.15, 0.2) is 84.9 Å². The maximum Gasteiger partial charge on any atom is 0.272 e. The summed E-state index contributed by atoms with van der Waals surface area (Å²) in [6, 6.07) is 25.6. The van der Waals surface area contributed by atoms with Crippen molar-refractivity contribution in [3.8, 4) is 11.4 Å². The van der Waals surface area contributed by atoms with Crippen LogP contribution in [0.2, 0.25) is 30.1 Å². The lowest BCUT2D eigenvalue weighted by atomic mass is 10.0. The van der Waals surface area contributed by atoms with E-state index in [-0.39, 0.29) is 23.9 Å². The van der Waals surface area contributed by atoms with Crippen molar-refractivity contribution < 1.29 is 9.59 Å². The lowest BCUT2D eigenvalue weighted by molar-refractivity contribution is 0.0924. The molecule has 2 amide bonds. The zero-order chi connectivity index (χ0) is 45.4. The molecule has 0 unspecified atom stereocenters. The van der Waals surface area contributed by atoms with Crippen molar-refractivity contribution in [1.82, 2.24) is 30.2 Å². The highest BCUT2D eigenvalue weighted by molar-refractivity contribution is 6.36. The van der Waals surface area contributed by atoms with Gasteiger partial charge in [-0.1, -0.05) is 108 Å². The molecule has 0 spiro atoms. The molecule has 62 heavy (non-hydrogen) atoms. The second-order valence-electron chi connectivity index (χ2n) is 15.0. The minimum absolute atomic E-state index is 0.0466. The van der Waals surface area contributed by atoms with Crippen LogP contribution in [0, 0.1) is 13.8 Å². The van der Waals surface area contributed by atoms with Crippen molar-refractivity contribution >= 4 is 105 Å². The quantitative estimate of drug-likeness (QED) is 0.128. The highest BCUT2D eigenvalue weighted by Gasteiger charge is 2.25. The van der Waals surface area contributed by atoms with Crippen LogP contribution in [0.4, 0.5) is 0 Å². The predicted molar refractivity (Wildman–Crippen MR) is 261 cm³/mol. The number of carbonyl (C=O) groups is 2. The standard InChI is InChI=1S/2C24H24Cl3N3O/c2*1-5-15(3)28-24(31)22-16(4)23(14(2)12-17-6-8-18(25)9-7-17)30(29-22)21-11-10-19(26)13-20(21)27/h2*6-13,15H,5H2,1-4H3,(H,28,31)/b2*14-12+/t2*15-/m10/s1. The monoisotopic (exact) mass is 950 g/mol. The number of benzene rings is 4. The Hall–Kier alpha value is -4.54. The lowest BCUT2D eigenvalue weighted by Gasteiger charge is -2.11. The van der Waals surface area contributed by atoms with Crippen molar-refractivity contribution in [3.05, 3.63) is 160 Å². The number of nitrogens with one attached hydrogen (secondary N) is 2. The predicted octanol–water partition coefficient (Wildman–Crippen LogP) is 14.5. The van der Waals surface area contributed by atoms with E-state index in [1.807, 2.05) is 116 Å². The largest absolute Gasteiger partial charge is 0.348 e. The molecule has 0 fully saturated rings. The van der Waals surface area contributed by atoms with Crippen LogP contribution in [-0.2, 0) is 0 Å². The molecule has 6 aromatic rings. The normalized spacial score (nSPS) is 12.7. The summed E-state index contributed by atoms with van der Waals surface area (Å²) in [6.45, 7) is 15.7. The first-order valence-corrected chi connectivity index (χ1v) is 22.3. The van der Waals surface area contributed by atoms with Crippen molar-refractivity contribution in [2.24, 2.45) is 0 Å². The van der Waals surface area contributed by atoms with Gasteiger partial charge in [0.05, 0.1) is 32.8 Å². The van der Waals surface area contributed by atoms with Crippen LogP contribution in [0.25, 0.3) is 34.7 Å². The number of carbonyl (C=O) groups excluding carboxylic acids is 2. The topological polar surface area (TPSA) is 93.8 Å². The summed E-state index contributed by atoms with van der Waals surface area (Å²) in [5.74, 6) is -0.424. The van der Waals surface area contributed by atoms with Crippen LogP contribution in [0.5, 0.6) is 0 Å². The van der Waals surface area contributed by atoms with E-state index >= 15 is 0 Å². The van der Waals surface area contributed by atoms with E-state index in [9.17, 15) is 9.59 Å². The lowest BCUT2D eigenvalue weighted by Crippen LogP contribution is -2.32. The Morgan fingerprint density at radius 3 is 1.19 bits per heavy atom. The Bertz CT molecular complexity index is 2450. The van der Waals surface area contributed by atoms with Crippen molar-refractivity contribution in [2.45, 2.75) is 80.3 Å². The number of amides is 2. The zero-order valence-electron chi connectivity index (χ0n) is 35.7. The van der Waals surface area contributed by atoms with Gasteiger partial charge in [-0.25, -0.2) is 9.36 Å². The van der Waals surface area contributed by atoms with E-state index < -0.39 is 0 Å². The second-order valence-corrected chi connectivity index (χ2v) is 17.5. The molecule has 0 bridgehead atoms. The van der Waals surface area contributed by atoms with Gasteiger partial charge >= 0.3 is 0 Å². The van der Waals surface area contributed by atoms with Gasteiger partial charge in [-0.3, -0.25) is 9.59 Å². The molecule has 4 aromatic carbocycles. The molecular formula is C48H48Cl6N6O2. The first-order valence-electron chi connectivity index (χ1n) is 20.0. The van der Waals surface area contributed by atoms with Gasteiger partial charge in [0.15, 0.2) is 11.4 Å². The molecular weight excluding hydrogens is 905 g/mol. The number of rotatable bonds is 12. The summed E-state index contributed by atoms with van der Waals surface area (Å²) >= 11 is 37.2. The van der Waals surface area contributed by atoms with Crippen molar-refractivity contribution in [1.29, 1.82) is 0 Å². The van der Waals surface area contributed by atoms with Gasteiger partial charge in [0.2, 0.25) is 0 Å². The van der Waals surface area contributed by atoms with E-state index in [2.05, 4.69) is 20.8 Å². The van der Waals surface area contributed by atoms with Gasteiger partial charge in [0.25, 0.3) is 11.8 Å². The Balaban J connectivity index is 0.000000234. The Labute approximate surface area is 393 Å². The number of allylic oxidation sites excluding steroid dienone is 2. The highest BCUT2D eigenvalue weighted by Crippen LogP contribution is 2.33. The van der Waals surface area contributed by atoms with Crippen LogP contribution >= 0.6 is 69.6 Å². The van der Waals surface area contributed by atoms with Gasteiger partial charge in [0.1, 0.15) is 0 Å². The SMILES string of the molecule is CC[C@@H](C)NC(=O)c1nn(-c2ccc(Cl)cc2Cl)c(/C(C)=C/c2ccc(Cl)cc2)c1C.CC[C@H](C)NC(=O)c1nn(-c2ccc(Cl)cc2Cl)c(/C(C)=C/c2ccc(Cl)cc2)c1C. The van der Waals surface area contributed by atoms with E-state index in [1.165, 1.54) is 0 Å². The highest BCUT2D eigenvalue weighted by atomic mass is 35.5. The van der Waals surface area contributed by atoms with Gasteiger partial charge < -0.3 is 10.6 Å². The fourth-order valence-corrected chi connectivity index (χ4v) is 7.78. The molecule has 0 saturated carbocycles. The minimum atomic E-state index is -0.212. The first kappa shape index (κ1) is 48.5. The third-order valence-electron chi connectivity index (χ3n) is 10.2. The molecule has 2 atom stereocenters. The van der Waals surface area contributed by atoms with Crippen LogP contribution in [0.1, 0.15) is 109 Å². The maximum atomic E-state index is 12.9. The van der Waals surface area contributed by atoms with Crippen molar-refractivity contribution in [3.63, 3.8) is 0 Å². The molecule has 0 aliphatic rings. The molecule has 8 nitrogen and oxygen atoms in total. The van der Waals surface area contributed by atoms with Crippen LogP contribution in [-0.4, -0.2) is 43.5 Å². The van der Waals surface area contributed by atoms with Crippen LogP contribution < -0.4 is 10.6 Å². The molecule has 324 valence electrons. The summed E-state index contributed by atoms with van der Waals surface area (Å²) in [7, 11) is 0. The van der Waals surface area contributed by atoms with Crippen LogP contribution in [0.3, 0.4) is 0 Å². The number of aromatic nitrogens is 4. The molecule has 14 heteroatoms. The molecule has 2 aromatic heterocycles. The van der Waals surface area contributed by atoms with E-state index in [1.54, 1.807) is 45.8 Å². The Morgan fingerprint density at radius 1 is 0.565 bits per heavy atom. The number of hydrogen-bond acceptors (Lipinski definition) is 4. The Kier molecular flexibility index (Phi) is 17.0. The van der Waals surface area contributed by atoms with Crippen molar-refractivity contribution in [2.75, 3.05) is 0 Å². The minimum Gasteiger partial charge on any atom is -0.348 e. The number of nitrogens with zero attached hydrogens (tertiary/aromatic N) is 4. The molecule has 2 N–H and O–H groups in total. The van der Waals surface area contributed by atoms with E-state index in [0.717, 1.165) is 57.6 Å². The molecule has 0 aliphatic heterocycles. The fourth-order valence-electron chi connectivity index (χ4n) is 6.55. The van der Waals surface area contributed by atoms with Gasteiger partial charge in [-0.15, -0.1) is 0 Å². The molecule has 2 heterocycles. The Morgan fingerprint density at radius 2 is 0.887 bits per heavy atom. The average Bonchev–Trinajstić information content (AvgIpc) is 3.76. The molecule has 0 saturated heterocycles. The number of halogens is 6. The summed E-state index contributed by atoms with van der Waals surface area (Å²) < 4.78 is 3.42. The average molecular weight is 954 g/mol. The summed E-state index contributed by atoms with van der Waals surface area (Å²) in [6.07, 6.45) is 5.71. The first-order chi connectivity index (χ1) is 29.4. The number of hydrogen-bond donors (Lipinski definition) is 2. The third-order valence-corrected chi connectivity index (χ3v) is 11.8. The summed E-state index contributed by atoms with van der Waals surface area (Å²) in [4.78, 5) is 25.8. The van der Waals surface area contributed by atoms with E-state index in [4.69, 9.17) is 69.6 Å².